The molecule has 1 amide bonds. The number of rotatable bonds is 4. The van der Waals surface area contributed by atoms with Gasteiger partial charge in [-0.1, -0.05) is 30.3 Å². The minimum atomic E-state index is -4.57. The molecule has 208 valence electrons. The lowest BCUT2D eigenvalue weighted by Gasteiger charge is -2.43. The Hall–Kier alpha value is -2.57. The van der Waals surface area contributed by atoms with Gasteiger partial charge in [0.2, 0.25) is 5.95 Å². The summed E-state index contributed by atoms with van der Waals surface area (Å²) >= 11 is 1.76. The van der Waals surface area contributed by atoms with Crippen molar-refractivity contribution in [3.63, 3.8) is 0 Å². The van der Waals surface area contributed by atoms with Crippen molar-refractivity contribution in [2.24, 2.45) is 0 Å². The van der Waals surface area contributed by atoms with Crippen molar-refractivity contribution in [1.82, 2.24) is 19.9 Å². The van der Waals surface area contributed by atoms with E-state index in [2.05, 4.69) is 21.2 Å². The monoisotopic (exact) mass is 599 g/mol. The Kier molecular flexibility index (Phi) is 8.67. The van der Waals surface area contributed by atoms with Crippen molar-refractivity contribution in [2.45, 2.75) is 6.18 Å². The van der Waals surface area contributed by atoms with Gasteiger partial charge in [0.05, 0.1) is 30.2 Å². The molecule has 2 fully saturated rings. The molecule has 39 heavy (non-hydrogen) atoms. The summed E-state index contributed by atoms with van der Waals surface area (Å²) < 4.78 is 41.5. The predicted octanol–water partition coefficient (Wildman–Crippen LogP) is 4.74. The van der Waals surface area contributed by atoms with Gasteiger partial charge in [0.15, 0.2) is 11.4 Å². The number of hydrogen-bond acceptors (Lipinski definition) is 6. The maximum atomic E-state index is 13.7. The molecule has 1 aromatic heterocycles. The van der Waals surface area contributed by atoms with Gasteiger partial charge < -0.3 is 9.80 Å². The van der Waals surface area contributed by atoms with Crippen LogP contribution in [-0.4, -0.2) is 81.3 Å². The van der Waals surface area contributed by atoms with E-state index >= 15 is 0 Å². The normalized spacial score (nSPS) is 22.6. The summed E-state index contributed by atoms with van der Waals surface area (Å²) in [6.45, 7) is 3.47. The van der Waals surface area contributed by atoms with E-state index in [4.69, 9.17) is 0 Å². The average Bonchev–Trinajstić information content (AvgIpc) is 3.65. The SMILES string of the molecule is Cl.Cl.O=C(C1=CC2=CC=C[N@@+]2(N2CCN(c3nc(-c4ccccc4)cc(C(F)(F)F)n3)CC2)C1)N1CCSC1. The van der Waals surface area contributed by atoms with E-state index in [1.807, 2.05) is 34.1 Å². The molecule has 0 unspecified atom stereocenters. The van der Waals surface area contributed by atoms with Gasteiger partial charge in [0.1, 0.15) is 12.7 Å². The minimum absolute atomic E-state index is 0. The van der Waals surface area contributed by atoms with Crippen molar-refractivity contribution in [2.75, 3.05) is 55.8 Å². The molecule has 0 radical (unpaired) electrons. The van der Waals surface area contributed by atoms with Crippen molar-refractivity contribution < 1.29 is 22.6 Å². The van der Waals surface area contributed by atoms with Gasteiger partial charge in [-0.2, -0.15) is 17.8 Å². The summed E-state index contributed by atoms with van der Waals surface area (Å²) in [6, 6.07) is 9.86. The van der Waals surface area contributed by atoms with E-state index in [1.165, 1.54) is 0 Å². The number of piperazine rings is 1. The molecule has 7 nitrogen and oxygen atoms in total. The fraction of sp³-hybridized carbons (Fsp3) is 0.346. The smallest absolute Gasteiger partial charge is 0.338 e. The van der Waals surface area contributed by atoms with Crippen LogP contribution in [0.5, 0.6) is 0 Å². The summed E-state index contributed by atoms with van der Waals surface area (Å²) in [5.41, 5.74) is 1.77. The molecule has 2 saturated heterocycles. The third kappa shape index (κ3) is 5.55. The number of thioether (sulfide) groups is 1. The number of fused-ring (bicyclic) bond motifs is 1. The number of quaternary nitrogens is 1. The summed E-state index contributed by atoms with van der Waals surface area (Å²) in [6.07, 6.45) is 3.56. The zero-order chi connectivity index (χ0) is 25.6. The highest BCUT2D eigenvalue weighted by Crippen LogP contribution is 2.38. The Labute approximate surface area is 241 Å². The van der Waals surface area contributed by atoms with E-state index < -0.39 is 11.9 Å². The quantitative estimate of drug-likeness (QED) is 0.473. The molecular weight excluding hydrogens is 572 g/mol. The number of carbonyl (C=O) groups is 1. The summed E-state index contributed by atoms with van der Waals surface area (Å²) in [7, 11) is 0. The van der Waals surface area contributed by atoms with Gasteiger partial charge in [-0.05, 0) is 12.1 Å². The highest BCUT2D eigenvalue weighted by molar-refractivity contribution is 7.99. The van der Waals surface area contributed by atoms with Gasteiger partial charge in [-0.3, -0.25) is 4.79 Å². The largest absolute Gasteiger partial charge is 0.433 e. The highest BCUT2D eigenvalue weighted by atomic mass is 35.5. The molecule has 4 aliphatic rings. The van der Waals surface area contributed by atoms with Crippen LogP contribution in [0.2, 0.25) is 0 Å². The number of halogens is 5. The molecular formula is C26H28Cl2F3N6OS+. The summed E-state index contributed by atoms with van der Waals surface area (Å²) in [4.78, 5) is 25.2. The van der Waals surface area contributed by atoms with E-state index in [0.29, 0.717) is 42.9 Å². The molecule has 5 heterocycles. The molecule has 0 saturated carbocycles. The van der Waals surface area contributed by atoms with Crippen LogP contribution in [0.15, 0.2) is 72.1 Å². The second kappa shape index (κ2) is 11.5. The number of allylic oxidation sites excluding steroid dienone is 3. The van der Waals surface area contributed by atoms with Crippen LogP contribution in [0, 0.1) is 0 Å². The Bertz CT molecular complexity index is 1310. The van der Waals surface area contributed by atoms with Gasteiger partial charge in [0.25, 0.3) is 5.91 Å². The molecule has 4 aliphatic heterocycles. The van der Waals surface area contributed by atoms with Crippen LogP contribution in [0.3, 0.4) is 0 Å². The van der Waals surface area contributed by atoms with Crippen LogP contribution < -0.4 is 4.90 Å². The fourth-order valence-electron chi connectivity index (χ4n) is 5.28. The molecule has 2 aromatic rings. The molecule has 0 aliphatic carbocycles. The summed E-state index contributed by atoms with van der Waals surface area (Å²) in [5.74, 6) is 1.87. The first-order valence-corrected chi connectivity index (χ1v) is 13.4. The first-order chi connectivity index (χ1) is 17.8. The van der Waals surface area contributed by atoms with Gasteiger partial charge in [-0.15, -0.1) is 41.6 Å². The van der Waals surface area contributed by atoms with Crippen molar-refractivity contribution in [3.8, 4) is 11.3 Å². The molecule has 1 atom stereocenters. The van der Waals surface area contributed by atoms with Crippen LogP contribution in [0.25, 0.3) is 11.3 Å². The van der Waals surface area contributed by atoms with Crippen molar-refractivity contribution in [1.29, 1.82) is 0 Å². The lowest BCUT2D eigenvalue weighted by atomic mass is 10.1. The first kappa shape index (κ1) is 29.4. The topological polar surface area (TPSA) is 52.6 Å². The zero-order valence-electron chi connectivity index (χ0n) is 20.9. The molecule has 13 heteroatoms. The Balaban J connectivity index is 0.00000176. The van der Waals surface area contributed by atoms with Gasteiger partial charge in [-0.25, -0.2) is 9.97 Å². The van der Waals surface area contributed by atoms with Gasteiger partial charge in [0, 0.05) is 43.1 Å². The molecule has 0 N–H and O–H groups in total. The lowest BCUT2D eigenvalue weighted by Crippen LogP contribution is -2.60. The predicted molar refractivity (Wildman–Crippen MR) is 150 cm³/mol. The van der Waals surface area contributed by atoms with E-state index in [-0.39, 0.29) is 42.4 Å². The van der Waals surface area contributed by atoms with Crippen LogP contribution >= 0.6 is 36.6 Å². The average molecular weight is 601 g/mol. The van der Waals surface area contributed by atoms with Gasteiger partial charge >= 0.3 is 6.18 Å². The van der Waals surface area contributed by atoms with Crippen LogP contribution in [0.4, 0.5) is 19.1 Å². The number of nitrogens with zero attached hydrogens (tertiary/aromatic N) is 6. The minimum Gasteiger partial charge on any atom is -0.338 e. The maximum Gasteiger partial charge on any atom is 0.433 e. The van der Waals surface area contributed by atoms with E-state index in [9.17, 15) is 18.0 Å². The number of alkyl halides is 3. The number of hydrogen-bond donors (Lipinski definition) is 0. The molecule has 1 aromatic carbocycles. The maximum absolute atomic E-state index is 13.7. The second-order valence-electron chi connectivity index (χ2n) is 9.44. The Morgan fingerprint density at radius 1 is 1.00 bits per heavy atom. The third-order valence-corrected chi connectivity index (χ3v) is 8.18. The van der Waals surface area contributed by atoms with Crippen LogP contribution in [0.1, 0.15) is 5.69 Å². The van der Waals surface area contributed by atoms with E-state index in [0.717, 1.165) is 35.5 Å². The summed E-state index contributed by atoms with van der Waals surface area (Å²) in [5, 5.41) is 2.27. The second-order valence-corrected chi connectivity index (χ2v) is 10.5. The molecule has 6 rings (SSSR count). The third-order valence-electron chi connectivity index (χ3n) is 7.21. The van der Waals surface area contributed by atoms with Crippen molar-refractivity contribution >= 4 is 48.4 Å². The zero-order valence-corrected chi connectivity index (χ0v) is 23.3. The highest BCUT2D eigenvalue weighted by Gasteiger charge is 2.48. The number of benzene rings is 1. The lowest BCUT2D eigenvalue weighted by molar-refractivity contribution is -0.948. The standard InChI is InChI=1S/C26H26F3N6OS.2ClH/c27-26(28,29)23-16-22(19-5-2-1-3-6-19)30-25(31-23)32-8-10-34(11-9-32)35-13-4-7-21(35)15-20(17-35)24(36)33-12-14-37-18-33;;/h1-7,13,15-16H,8-12,14,17-18H2;2*1H/q+1;;/t35-;;/m1../s1. The number of anilines is 1. The Morgan fingerprint density at radius 3 is 2.41 bits per heavy atom. The number of aromatic nitrogens is 2. The fourth-order valence-corrected chi connectivity index (χ4v) is 6.23. The molecule has 0 spiro atoms. The van der Waals surface area contributed by atoms with Crippen LogP contribution in [-0.2, 0) is 11.0 Å². The number of carbonyl (C=O) groups excluding carboxylic acids is 1. The Morgan fingerprint density at radius 2 is 1.74 bits per heavy atom. The van der Waals surface area contributed by atoms with E-state index in [1.54, 1.807) is 36.0 Å². The molecule has 0 bridgehead atoms. The van der Waals surface area contributed by atoms with Crippen molar-refractivity contribution in [3.05, 3.63) is 77.8 Å². The first-order valence-electron chi connectivity index (χ1n) is 12.2. The number of amides is 1.